The Morgan fingerprint density at radius 1 is 1.28 bits per heavy atom. The Bertz CT molecular complexity index is 1100. The van der Waals surface area contributed by atoms with E-state index in [0.717, 1.165) is 22.6 Å². The van der Waals surface area contributed by atoms with E-state index >= 15 is 0 Å². The largest absolute Gasteiger partial charge is 0.457 e. The molecular weight excluding hydrogens is 416 g/mol. The van der Waals surface area contributed by atoms with Gasteiger partial charge in [-0.1, -0.05) is 11.3 Å². The highest BCUT2D eigenvalue weighted by molar-refractivity contribution is 7.92. The Balaban J connectivity index is 1.58. The summed E-state index contributed by atoms with van der Waals surface area (Å²) in [4.78, 5) is 35.8. The predicted molar refractivity (Wildman–Crippen MR) is 110 cm³/mol. The van der Waals surface area contributed by atoms with Gasteiger partial charge in [-0.15, -0.1) is 0 Å². The van der Waals surface area contributed by atoms with Crippen LogP contribution in [0.1, 0.15) is 35.0 Å². The second-order valence-corrected chi connectivity index (χ2v) is 9.70. The maximum Gasteiger partial charge on any atom is 0.308 e. The fourth-order valence-electron chi connectivity index (χ4n) is 3.17. The van der Waals surface area contributed by atoms with Crippen molar-refractivity contribution in [3.05, 3.63) is 50.1 Å². The fraction of sp³-hybridized carbons (Fsp3) is 0.421. The van der Waals surface area contributed by atoms with E-state index in [1.165, 1.54) is 8.87 Å². The maximum absolute atomic E-state index is 12.4. The molecule has 1 aromatic carbocycles. The summed E-state index contributed by atoms with van der Waals surface area (Å²) in [6, 6.07) is 4.83. The smallest absolute Gasteiger partial charge is 0.308 e. The zero-order chi connectivity index (χ0) is 21.2. The van der Waals surface area contributed by atoms with Gasteiger partial charge in [0.1, 0.15) is 0 Å². The Morgan fingerprint density at radius 2 is 2.03 bits per heavy atom. The molecule has 3 rings (SSSR count). The van der Waals surface area contributed by atoms with Gasteiger partial charge in [-0.3, -0.25) is 18.7 Å². The van der Waals surface area contributed by atoms with Gasteiger partial charge in [0.2, 0.25) is 10.0 Å². The summed E-state index contributed by atoms with van der Waals surface area (Å²) in [5, 5.41) is 1.72. The van der Waals surface area contributed by atoms with Gasteiger partial charge in [-0.05, 0) is 44.0 Å². The first-order valence-electron chi connectivity index (χ1n) is 9.20. The number of esters is 1. The molecule has 0 bridgehead atoms. The quantitative estimate of drug-likeness (QED) is 0.460. The number of nitrogens with zero attached hydrogens (tertiary/aromatic N) is 2. The summed E-state index contributed by atoms with van der Waals surface area (Å²) in [5.41, 5.74) is 2.53. The minimum atomic E-state index is -3.34. The Morgan fingerprint density at radius 3 is 2.69 bits per heavy atom. The Kier molecular flexibility index (Phi) is 6.23. The van der Waals surface area contributed by atoms with Crippen molar-refractivity contribution in [3.63, 3.8) is 0 Å². The number of benzene rings is 1. The van der Waals surface area contributed by atoms with E-state index in [4.69, 9.17) is 4.74 Å². The van der Waals surface area contributed by atoms with Crippen LogP contribution in [-0.4, -0.2) is 43.6 Å². The van der Waals surface area contributed by atoms with Gasteiger partial charge < -0.3 is 9.30 Å². The molecule has 0 unspecified atom stereocenters. The van der Waals surface area contributed by atoms with Crippen molar-refractivity contribution in [3.8, 4) is 0 Å². The number of aryl methyl sites for hydroxylation is 1. The van der Waals surface area contributed by atoms with Crippen LogP contribution in [-0.2, 0) is 32.5 Å². The first-order valence-corrected chi connectivity index (χ1v) is 11.7. The molecule has 0 saturated heterocycles. The zero-order valence-corrected chi connectivity index (χ0v) is 17.8. The molecule has 1 aliphatic heterocycles. The lowest BCUT2D eigenvalue weighted by Crippen LogP contribution is -2.30. The normalized spacial score (nSPS) is 13.4. The highest BCUT2D eigenvalue weighted by Gasteiger charge is 2.28. The van der Waals surface area contributed by atoms with Gasteiger partial charge in [0.25, 0.3) is 0 Å². The van der Waals surface area contributed by atoms with Crippen LogP contribution in [0.4, 0.5) is 5.69 Å². The molecule has 156 valence electrons. The molecule has 29 heavy (non-hydrogen) atoms. The van der Waals surface area contributed by atoms with Gasteiger partial charge in [0.15, 0.2) is 12.4 Å². The number of Topliss-reactive ketones (excluding diaryl/α,β-unsaturated/α-hetero) is 1. The lowest BCUT2D eigenvalue weighted by atomic mass is 10.1. The van der Waals surface area contributed by atoms with E-state index in [1.807, 2.05) is 0 Å². The molecule has 8 nitrogen and oxygen atoms in total. The SMILES string of the molecule is CCS(=O)(=O)N1CCc2cc(C(=O)COC(=O)CCn3c(C)csc3=O)ccc21. The molecule has 2 heterocycles. The Hall–Kier alpha value is -2.46. The minimum absolute atomic E-state index is 0.00121. The minimum Gasteiger partial charge on any atom is -0.457 e. The molecule has 1 aliphatic rings. The van der Waals surface area contributed by atoms with Crippen molar-refractivity contribution >= 4 is 38.8 Å². The number of carbonyl (C=O) groups excluding carboxylic acids is 2. The second kappa shape index (κ2) is 8.50. The molecule has 0 fully saturated rings. The summed E-state index contributed by atoms with van der Waals surface area (Å²) in [6.07, 6.45) is 0.531. The molecule has 0 spiro atoms. The third-order valence-corrected chi connectivity index (χ3v) is 7.50. The fourth-order valence-corrected chi connectivity index (χ4v) is 5.09. The van der Waals surface area contributed by atoms with Crippen molar-refractivity contribution < 1.29 is 22.7 Å². The standard InChI is InChI=1S/C19H22N2O6S2/c1-3-29(25,26)21-9-6-14-10-15(4-5-16(14)21)17(22)11-27-18(23)7-8-20-13(2)12-28-19(20)24/h4-5,10,12H,3,6-9,11H2,1-2H3. The van der Waals surface area contributed by atoms with Crippen molar-refractivity contribution in [2.24, 2.45) is 0 Å². The summed E-state index contributed by atoms with van der Waals surface area (Å²) in [7, 11) is -3.34. The molecule has 0 N–H and O–H groups in total. The number of ether oxygens (including phenoxy) is 1. The van der Waals surface area contributed by atoms with E-state index in [0.29, 0.717) is 24.2 Å². The lowest BCUT2D eigenvalue weighted by Gasteiger charge is -2.18. The van der Waals surface area contributed by atoms with Crippen LogP contribution in [0.3, 0.4) is 0 Å². The van der Waals surface area contributed by atoms with Gasteiger partial charge in [-0.25, -0.2) is 8.42 Å². The van der Waals surface area contributed by atoms with Gasteiger partial charge in [-0.2, -0.15) is 0 Å². The van der Waals surface area contributed by atoms with E-state index in [-0.39, 0.29) is 29.4 Å². The average Bonchev–Trinajstić information content (AvgIpc) is 3.27. The van der Waals surface area contributed by atoms with Crippen LogP contribution in [0, 0.1) is 6.92 Å². The van der Waals surface area contributed by atoms with Gasteiger partial charge >= 0.3 is 10.8 Å². The van der Waals surface area contributed by atoms with Crippen LogP contribution in [0.5, 0.6) is 0 Å². The Labute approximate surface area is 172 Å². The predicted octanol–water partition coefficient (Wildman–Crippen LogP) is 1.75. The highest BCUT2D eigenvalue weighted by atomic mass is 32.2. The van der Waals surface area contributed by atoms with Crippen molar-refractivity contribution in [2.75, 3.05) is 23.2 Å². The first-order chi connectivity index (χ1) is 13.7. The molecule has 0 atom stereocenters. The van der Waals surface area contributed by atoms with Crippen molar-refractivity contribution in [1.29, 1.82) is 0 Å². The number of ketones is 1. The summed E-state index contributed by atoms with van der Waals surface area (Å²) >= 11 is 1.07. The molecular formula is C19H22N2O6S2. The topological polar surface area (TPSA) is 103 Å². The lowest BCUT2D eigenvalue weighted by molar-refractivity contribution is -0.142. The molecule has 0 amide bonds. The number of carbonyl (C=O) groups is 2. The zero-order valence-electron chi connectivity index (χ0n) is 16.2. The summed E-state index contributed by atoms with van der Waals surface area (Å²) < 4.78 is 32.2. The number of rotatable bonds is 8. The molecule has 10 heteroatoms. The number of anilines is 1. The van der Waals surface area contributed by atoms with E-state index in [1.54, 1.807) is 37.4 Å². The first kappa shape index (κ1) is 21.3. The summed E-state index contributed by atoms with van der Waals surface area (Å²) in [5.74, 6) is -0.904. The number of hydrogen-bond acceptors (Lipinski definition) is 7. The third kappa shape index (κ3) is 4.59. The molecule has 0 aliphatic carbocycles. The van der Waals surface area contributed by atoms with Crippen LogP contribution < -0.4 is 9.18 Å². The molecule has 1 aromatic heterocycles. The van der Waals surface area contributed by atoms with Crippen LogP contribution in [0.2, 0.25) is 0 Å². The van der Waals surface area contributed by atoms with E-state index in [9.17, 15) is 22.8 Å². The van der Waals surface area contributed by atoms with E-state index in [2.05, 4.69) is 0 Å². The van der Waals surface area contributed by atoms with Crippen molar-refractivity contribution in [2.45, 2.75) is 33.2 Å². The van der Waals surface area contributed by atoms with Crippen LogP contribution >= 0.6 is 11.3 Å². The molecule has 2 aromatic rings. The highest BCUT2D eigenvalue weighted by Crippen LogP contribution is 2.31. The monoisotopic (exact) mass is 438 g/mol. The van der Waals surface area contributed by atoms with Gasteiger partial charge in [0, 0.05) is 29.7 Å². The number of sulfonamides is 1. The van der Waals surface area contributed by atoms with Crippen LogP contribution in [0.25, 0.3) is 0 Å². The number of fused-ring (bicyclic) bond motifs is 1. The summed E-state index contributed by atoms with van der Waals surface area (Å²) in [6.45, 7) is 3.55. The van der Waals surface area contributed by atoms with Crippen molar-refractivity contribution in [1.82, 2.24) is 4.57 Å². The van der Waals surface area contributed by atoms with E-state index < -0.39 is 22.6 Å². The molecule has 0 saturated carbocycles. The molecule has 0 radical (unpaired) electrons. The number of hydrogen-bond donors (Lipinski definition) is 0. The average molecular weight is 439 g/mol. The van der Waals surface area contributed by atoms with Crippen LogP contribution in [0.15, 0.2) is 28.4 Å². The number of aromatic nitrogens is 1. The van der Waals surface area contributed by atoms with Gasteiger partial charge in [0.05, 0.1) is 17.9 Å². The third-order valence-electron chi connectivity index (χ3n) is 4.84. The maximum atomic E-state index is 12.4. The number of thiazole rings is 1. The second-order valence-electron chi connectivity index (χ2n) is 6.69.